The SMILES string of the molecule is O=C(Nc1ccc(Oc2cc(-n3ccnc3)ncn2)cc1)c1ccc(C(F)(F)F)cc1. The van der Waals surface area contributed by atoms with E-state index in [0.717, 1.165) is 24.3 Å². The van der Waals surface area contributed by atoms with E-state index in [1.807, 2.05) is 0 Å². The summed E-state index contributed by atoms with van der Waals surface area (Å²) in [7, 11) is 0. The fourth-order valence-corrected chi connectivity index (χ4v) is 2.66. The number of rotatable bonds is 5. The second-order valence-corrected chi connectivity index (χ2v) is 6.34. The summed E-state index contributed by atoms with van der Waals surface area (Å²) in [6.07, 6.45) is 1.87. The summed E-state index contributed by atoms with van der Waals surface area (Å²) < 4.78 is 45.3. The largest absolute Gasteiger partial charge is 0.439 e. The van der Waals surface area contributed by atoms with Crippen molar-refractivity contribution in [2.24, 2.45) is 0 Å². The van der Waals surface area contributed by atoms with Crippen molar-refractivity contribution in [3.05, 3.63) is 90.8 Å². The molecule has 156 valence electrons. The molecule has 4 rings (SSSR count). The number of amides is 1. The van der Waals surface area contributed by atoms with Gasteiger partial charge < -0.3 is 10.1 Å². The average Bonchev–Trinajstić information content (AvgIpc) is 3.30. The van der Waals surface area contributed by atoms with Crippen LogP contribution in [0.4, 0.5) is 18.9 Å². The van der Waals surface area contributed by atoms with Gasteiger partial charge in [0.05, 0.1) is 5.56 Å². The number of halogens is 3. The Kier molecular flexibility index (Phi) is 5.35. The Bertz CT molecular complexity index is 1180. The van der Waals surface area contributed by atoms with Crippen molar-refractivity contribution in [1.82, 2.24) is 19.5 Å². The van der Waals surface area contributed by atoms with Crippen LogP contribution >= 0.6 is 0 Å². The number of carbonyl (C=O) groups excluding carboxylic acids is 1. The molecule has 0 fully saturated rings. The quantitative estimate of drug-likeness (QED) is 0.500. The van der Waals surface area contributed by atoms with Gasteiger partial charge in [0.25, 0.3) is 5.91 Å². The van der Waals surface area contributed by atoms with Gasteiger partial charge in [-0.15, -0.1) is 0 Å². The van der Waals surface area contributed by atoms with E-state index in [4.69, 9.17) is 4.74 Å². The van der Waals surface area contributed by atoms with Crippen molar-refractivity contribution >= 4 is 11.6 Å². The number of alkyl halides is 3. The normalized spacial score (nSPS) is 11.2. The molecular weight excluding hydrogens is 411 g/mol. The minimum absolute atomic E-state index is 0.112. The molecular formula is C21H14F3N5O2. The molecule has 0 spiro atoms. The number of imidazole rings is 1. The van der Waals surface area contributed by atoms with Crippen LogP contribution in [0.3, 0.4) is 0 Å². The summed E-state index contributed by atoms with van der Waals surface area (Å²) >= 11 is 0. The topological polar surface area (TPSA) is 81.9 Å². The third-order valence-electron chi connectivity index (χ3n) is 4.21. The summed E-state index contributed by atoms with van der Waals surface area (Å²) in [6, 6.07) is 12.1. The maximum absolute atomic E-state index is 12.6. The molecule has 0 aliphatic heterocycles. The highest BCUT2D eigenvalue weighted by Crippen LogP contribution is 2.29. The zero-order valence-corrected chi connectivity index (χ0v) is 15.7. The lowest BCUT2D eigenvalue weighted by atomic mass is 10.1. The molecule has 0 atom stereocenters. The second kappa shape index (κ2) is 8.27. The van der Waals surface area contributed by atoms with Gasteiger partial charge in [0.1, 0.15) is 24.2 Å². The number of anilines is 1. The Morgan fingerprint density at radius 1 is 1.00 bits per heavy atom. The van der Waals surface area contributed by atoms with Gasteiger partial charge in [-0.25, -0.2) is 15.0 Å². The van der Waals surface area contributed by atoms with Crippen molar-refractivity contribution < 1.29 is 22.7 Å². The number of benzene rings is 2. The molecule has 4 aromatic rings. The number of aromatic nitrogens is 4. The Balaban J connectivity index is 1.40. The highest BCUT2D eigenvalue weighted by molar-refractivity contribution is 6.04. The van der Waals surface area contributed by atoms with E-state index in [0.29, 0.717) is 23.1 Å². The number of hydrogen-bond acceptors (Lipinski definition) is 5. The van der Waals surface area contributed by atoms with Crippen molar-refractivity contribution in [3.8, 4) is 17.4 Å². The third kappa shape index (κ3) is 4.86. The second-order valence-electron chi connectivity index (χ2n) is 6.34. The molecule has 2 aromatic heterocycles. The molecule has 2 heterocycles. The number of nitrogens with one attached hydrogen (secondary N) is 1. The summed E-state index contributed by atoms with van der Waals surface area (Å²) in [5.74, 6) is 0.856. The molecule has 31 heavy (non-hydrogen) atoms. The van der Waals surface area contributed by atoms with Gasteiger partial charge in [-0.1, -0.05) is 0 Å². The predicted molar refractivity (Wildman–Crippen MR) is 105 cm³/mol. The molecule has 1 amide bonds. The molecule has 7 nitrogen and oxygen atoms in total. The monoisotopic (exact) mass is 425 g/mol. The average molecular weight is 425 g/mol. The van der Waals surface area contributed by atoms with E-state index in [1.54, 1.807) is 53.6 Å². The van der Waals surface area contributed by atoms with Crippen LogP contribution in [0.15, 0.2) is 79.6 Å². The van der Waals surface area contributed by atoms with Crippen LogP contribution in [0.25, 0.3) is 5.82 Å². The molecule has 0 unspecified atom stereocenters. The fraction of sp³-hybridized carbons (Fsp3) is 0.0476. The number of hydrogen-bond donors (Lipinski definition) is 1. The highest BCUT2D eigenvalue weighted by atomic mass is 19.4. The van der Waals surface area contributed by atoms with Crippen molar-refractivity contribution in [2.75, 3.05) is 5.32 Å². The molecule has 0 bridgehead atoms. The smallest absolute Gasteiger partial charge is 0.416 e. The first-order valence-corrected chi connectivity index (χ1v) is 8.95. The fourth-order valence-electron chi connectivity index (χ4n) is 2.66. The van der Waals surface area contributed by atoms with E-state index in [-0.39, 0.29) is 5.56 Å². The maximum atomic E-state index is 12.6. The highest BCUT2D eigenvalue weighted by Gasteiger charge is 2.30. The Morgan fingerprint density at radius 3 is 2.39 bits per heavy atom. The van der Waals surface area contributed by atoms with Crippen molar-refractivity contribution in [1.29, 1.82) is 0 Å². The first-order valence-electron chi connectivity index (χ1n) is 8.95. The van der Waals surface area contributed by atoms with Gasteiger partial charge >= 0.3 is 6.18 Å². The molecule has 0 saturated heterocycles. The van der Waals surface area contributed by atoms with Gasteiger partial charge in [0, 0.05) is 29.7 Å². The van der Waals surface area contributed by atoms with Gasteiger partial charge in [-0.3, -0.25) is 9.36 Å². The van der Waals surface area contributed by atoms with Gasteiger partial charge in [-0.05, 0) is 48.5 Å². The Hall–Kier alpha value is -4.21. The summed E-state index contributed by atoms with van der Waals surface area (Å²) in [5, 5.41) is 2.62. The van der Waals surface area contributed by atoms with Crippen LogP contribution in [-0.4, -0.2) is 25.4 Å². The lowest BCUT2D eigenvalue weighted by molar-refractivity contribution is -0.137. The van der Waals surface area contributed by atoms with E-state index >= 15 is 0 Å². The number of nitrogens with zero attached hydrogens (tertiary/aromatic N) is 4. The lowest BCUT2D eigenvalue weighted by Gasteiger charge is -2.09. The van der Waals surface area contributed by atoms with E-state index in [1.165, 1.54) is 6.33 Å². The van der Waals surface area contributed by atoms with Crippen molar-refractivity contribution in [3.63, 3.8) is 0 Å². The predicted octanol–water partition coefficient (Wildman–Crippen LogP) is 4.73. The van der Waals surface area contributed by atoms with Crippen LogP contribution in [0.1, 0.15) is 15.9 Å². The Morgan fingerprint density at radius 2 is 1.74 bits per heavy atom. The first-order chi connectivity index (χ1) is 14.9. The standard InChI is InChI=1S/C21H14F3N5O2/c22-21(23,24)15-3-1-14(2-4-15)20(30)28-16-5-7-17(8-6-16)31-19-11-18(26-12-27-19)29-10-9-25-13-29/h1-13H,(H,28,30). The minimum atomic E-state index is -4.45. The van der Waals surface area contributed by atoms with E-state index < -0.39 is 17.6 Å². The Labute approximate surface area is 174 Å². The molecule has 2 aromatic carbocycles. The summed E-state index contributed by atoms with van der Waals surface area (Å²) in [6.45, 7) is 0. The van der Waals surface area contributed by atoms with Crippen LogP contribution in [0.5, 0.6) is 11.6 Å². The van der Waals surface area contributed by atoms with Gasteiger partial charge in [-0.2, -0.15) is 13.2 Å². The van der Waals surface area contributed by atoms with Crippen molar-refractivity contribution in [2.45, 2.75) is 6.18 Å². The third-order valence-corrected chi connectivity index (χ3v) is 4.21. The van der Waals surface area contributed by atoms with E-state index in [2.05, 4.69) is 20.3 Å². The summed E-state index contributed by atoms with van der Waals surface area (Å²) in [5.41, 5.74) is -0.244. The molecule has 0 aliphatic rings. The van der Waals surface area contributed by atoms with Gasteiger partial charge in [0.2, 0.25) is 5.88 Å². The van der Waals surface area contributed by atoms with Crippen LogP contribution in [-0.2, 0) is 6.18 Å². The molecule has 0 aliphatic carbocycles. The first kappa shape index (κ1) is 20.1. The lowest BCUT2D eigenvalue weighted by Crippen LogP contribution is -2.12. The molecule has 10 heteroatoms. The van der Waals surface area contributed by atoms with E-state index in [9.17, 15) is 18.0 Å². The molecule has 0 radical (unpaired) electrons. The molecule has 0 saturated carbocycles. The zero-order chi connectivity index (χ0) is 21.8. The minimum Gasteiger partial charge on any atom is -0.439 e. The number of ether oxygens (including phenoxy) is 1. The zero-order valence-electron chi connectivity index (χ0n) is 15.7. The number of carbonyl (C=O) groups is 1. The van der Waals surface area contributed by atoms with Crippen LogP contribution < -0.4 is 10.1 Å². The van der Waals surface area contributed by atoms with Gasteiger partial charge in [0.15, 0.2) is 0 Å². The molecule has 1 N–H and O–H groups in total. The van der Waals surface area contributed by atoms with Crippen LogP contribution in [0.2, 0.25) is 0 Å². The maximum Gasteiger partial charge on any atom is 0.416 e. The summed E-state index contributed by atoms with van der Waals surface area (Å²) in [4.78, 5) is 24.4. The van der Waals surface area contributed by atoms with Crippen LogP contribution in [0, 0.1) is 0 Å².